The average Bonchev–Trinajstić information content (AvgIpc) is 2.37. The van der Waals surface area contributed by atoms with E-state index < -0.39 is 11.7 Å². The quantitative estimate of drug-likeness (QED) is 0.305. The summed E-state index contributed by atoms with van der Waals surface area (Å²) >= 11 is 6.64. The van der Waals surface area contributed by atoms with Crippen molar-refractivity contribution in [2.45, 2.75) is 6.18 Å². The Labute approximate surface area is 118 Å². The Morgan fingerprint density at radius 3 is 2.74 bits per heavy atom. The van der Waals surface area contributed by atoms with Crippen LogP contribution < -0.4 is 10.6 Å². The Bertz CT molecular complexity index is 451. The highest BCUT2D eigenvalue weighted by Crippen LogP contribution is 2.31. The van der Waals surface area contributed by atoms with Crippen LogP contribution in [0.15, 0.2) is 28.7 Å². The number of nitrogens with two attached hydrogens (primary N) is 1. The van der Waals surface area contributed by atoms with E-state index in [4.69, 9.17) is 17.3 Å². The van der Waals surface area contributed by atoms with Gasteiger partial charge in [0.15, 0.2) is 0 Å². The van der Waals surface area contributed by atoms with Gasteiger partial charge in [-0.3, -0.25) is 0 Å². The molecule has 0 aliphatic rings. The summed E-state index contributed by atoms with van der Waals surface area (Å²) in [6.07, 6.45) is -4.38. The molecule has 0 unspecified atom stereocenters. The second kappa shape index (κ2) is 6.91. The third kappa shape index (κ3) is 4.83. The molecule has 2 N–H and O–H groups in total. The first-order valence-corrected chi connectivity index (χ1v) is 6.76. The maximum Gasteiger partial charge on any atom is 0.416 e. The van der Waals surface area contributed by atoms with Crippen LogP contribution in [0.5, 0.6) is 0 Å². The lowest BCUT2D eigenvalue weighted by Gasteiger charge is -2.19. The molecule has 106 valence electrons. The molecule has 0 aromatic heterocycles. The van der Waals surface area contributed by atoms with Crippen molar-refractivity contribution >= 4 is 35.2 Å². The first kappa shape index (κ1) is 16.0. The van der Waals surface area contributed by atoms with Gasteiger partial charge in [0.25, 0.3) is 0 Å². The van der Waals surface area contributed by atoms with Gasteiger partial charge in [-0.1, -0.05) is 6.07 Å². The van der Waals surface area contributed by atoms with Gasteiger partial charge in [0.1, 0.15) is 0 Å². The Balaban J connectivity index is 2.88. The molecule has 0 bridgehead atoms. The van der Waals surface area contributed by atoms with Gasteiger partial charge in [0, 0.05) is 24.4 Å². The predicted octanol–water partition coefficient (Wildman–Crippen LogP) is 3.34. The van der Waals surface area contributed by atoms with Gasteiger partial charge in [-0.05, 0) is 30.1 Å². The van der Waals surface area contributed by atoms with Gasteiger partial charge in [0.05, 0.1) is 5.56 Å². The van der Waals surface area contributed by atoms with Gasteiger partial charge < -0.3 is 10.6 Å². The van der Waals surface area contributed by atoms with Crippen LogP contribution in [0.3, 0.4) is 0 Å². The average molecular weight is 312 g/mol. The first-order valence-electron chi connectivity index (χ1n) is 5.28. The second-order valence-corrected chi connectivity index (χ2v) is 4.81. The second-order valence-electron chi connectivity index (χ2n) is 3.58. The van der Waals surface area contributed by atoms with Gasteiger partial charge in [0.2, 0.25) is 5.96 Å². The fourth-order valence-electron chi connectivity index (χ4n) is 1.23. The predicted molar refractivity (Wildman–Crippen MR) is 74.6 cm³/mol. The summed E-state index contributed by atoms with van der Waals surface area (Å²) in [5, 5.41) is 0. The zero-order valence-corrected chi connectivity index (χ0v) is 11.7. The lowest BCUT2D eigenvalue weighted by Crippen LogP contribution is -2.33. The zero-order valence-electron chi connectivity index (χ0n) is 10.1. The first-order chi connectivity index (χ1) is 8.86. The number of benzene rings is 1. The molecule has 0 spiro atoms. The molecule has 0 radical (unpaired) electrons. The number of anilines is 1. The number of alkyl halides is 4. The van der Waals surface area contributed by atoms with Crippen LogP contribution in [-0.4, -0.2) is 24.6 Å². The number of hydrogen-bond acceptors (Lipinski definition) is 2. The fourth-order valence-corrected chi connectivity index (χ4v) is 1.85. The van der Waals surface area contributed by atoms with Crippen LogP contribution in [0, 0.1) is 0 Å². The minimum absolute atomic E-state index is 0.120. The monoisotopic (exact) mass is 311 g/mol. The van der Waals surface area contributed by atoms with E-state index in [9.17, 15) is 13.2 Å². The third-order valence-corrected chi connectivity index (χ3v) is 3.35. The van der Waals surface area contributed by atoms with Gasteiger partial charge >= 0.3 is 6.18 Å². The van der Waals surface area contributed by atoms with Crippen molar-refractivity contribution in [3.05, 3.63) is 29.8 Å². The summed E-state index contributed by atoms with van der Waals surface area (Å²) in [6.45, 7) is 0. The van der Waals surface area contributed by atoms with E-state index in [0.29, 0.717) is 17.3 Å². The molecule has 1 aromatic rings. The van der Waals surface area contributed by atoms with E-state index in [2.05, 4.69) is 4.40 Å². The molecule has 0 atom stereocenters. The van der Waals surface area contributed by atoms with Crippen LogP contribution >= 0.6 is 23.5 Å². The van der Waals surface area contributed by atoms with E-state index in [0.717, 1.165) is 24.1 Å². The number of guanidine groups is 1. The largest absolute Gasteiger partial charge is 0.416 e. The molecule has 1 rings (SSSR count). The van der Waals surface area contributed by atoms with E-state index in [1.807, 2.05) is 0 Å². The normalized spacial score (nSPS) is 12.6. The van der Waals surface area contributed by atoms with Crippen LogP contribution in [-0.2, 0) is 6.18 Å². The Hall–Kier alpha value is -1.08. The molecule has 0 saturated heterocycles. The summed E-state index contributed by atoms with van der Waals surface area (Å²) in [5.41, 5.74) is 5.28. The number of nitrogens with zero attached hydrogens (tertiary/aromatic N) is 2. The maximum absolute atomic E-state index is 12.6. The summed E-state index contributed by atoms with van der Waals surface area (Å²) in [4.78, 5) is 1.39. The number of halogens is 4. The van der Waals surface area contributed by atoms with Crippen molar-refractivity contribution in [2.75, 3.05) is 23.6 Å². The lowest BCUT2D eigenvalue weighted by atomic mass is 10.2. The van der Waals surface area contributed by atoms with E-state index >= 15 is 0 Å². The fraction of sp³-hybridized carbons (Fsp3) is 0.364. The van der Waals surface area contributed by atoms with Crippen molar-refractivity contribution in [3.63, 3.8) is 0 Å². The molecule has 3 nitrogen and oxygen atoms in total. The molecule has 0 aliphatic carbocycles. The van der Waals surface area contributed by atoms with Crippen LogP contribution in [0.2, 0.25) is 0 Å². The molecule has 8 heteroatoms. The van der Waals surface area contributed by atoms with Crippen LogP contribution in [0.1, 0.15) is 5.56 Å². The summed E-state index contributed by atoms with van der Waals surface area (Å²) in [5.74, 6) is 1.13. The maximum atomic E-state index is 12.6. The highest BCUT2D eigenvalue weighted by molar-refractivity contribution is 7.98. The molecular weight excluding hydrogens is 299 g/mol. The molecule has 0 heterocycles. The van der Waals surface area contributed by atoms with E-state index in [1.54, 1.807) is 7.05 Å². The number of hydrogen-bond donors (Lipinski definition) is 1. The summed E-state index contributed by atoms with van der Waals surface area (Å²) in [7, 11) is 1.55. The van der Waals surface area contributed by atoms with Crippen molar-refractivity contribution in [3.8, 4) is 0 Å². The van der Waals surface area contributed by atoms with Crippen LogP contribution in [0.4, 0.5) is 18.9 Å². The Morgan fingerprint density at radius 2 is 2.16 bits per heavy atom. The van der Waals surface area contributed by atoms with E-state index in [1.165, 1.54) is 17.0 Å². The molecule has 0 amide bonds. The number of rotatable bonds is 4. The standard InChI is InChI=1S/C11H13ClF3N3S/c1-18(10(16)17-19-6-5-12)9-4-2-3-8(7-9)11(13,14)15/h2-4,7H,5-6H2,1H3,(H2,16,17). The Morgan fingerprint density at radius 1 is 1.47 bits per heavy atom. The smallest absolute Gasteiger partial charge is 0.369 e. The Kier molecular flexibility index (Phi) is 5.81. The van der Waals surface area contributed by atoms with Gasteiger partial charge in [-0.15, -0.1) is 11.6 Å². The van der Waals surface area contributed by atoms with Crippen molar-refractivity contribution in [2.24, 2.45) is 10.1 Å². The van der Waals surface area contributed by atoms with Gasteiger partial charge in [-0.25, -0.2) is 0 Å². The molecule has 0 saturated carbocycles. The minimum atomic E-state index is -4.38. The zero-order chi connectivity index (χ0) is 14.5. The highest BCUT2D eigenvalue weighted by atomic mass is 35.5. The van der Waals surface area contributed by atoms with E-state index in [-0.39, 0.29) is 5.96 Å². The highest BCUT2D eigenvalue weighted by Gasteiger charge is 2.30. The molecular formula is C11H13ClF3N3S. The van der Waals surface area contributed by atoms with Crippen LogP contribution in [0.25, 0.3) is 0 Å². The third-order valence-electron chi connectivity index (χ3n) is 2.23. The van der Waals surface area contributed by atoms with Gasteiger partial charge in [-0.2, -0.15) is 17.6 Å². The lowest BCUT2D eigenvalue weighted by molar-refractivity contribution is -0.137. The van der Waals surface area contributed by atoms with Crippen molar-refractivity contribution in [1.29, 1.82) is 0 Å². The van der Waals surface area contributed by atoms with Crippen molar-refractivity contribution in [1.82, 2.24) is 0 Å². The molecule has 1 aromatic carbocycles. The molecule has 0 fully saturated rings. The van der Waals surface area contributed by atoms with Crippen molar-refractivity contribution < 1.29 is 13.2 Å². The molecule has 19 heavy (non-hydrogen) atoms. The topological polar surface area (TPSA) is 41.6 Å². The minimum Gasteiger partial charge on any atom is -0.369 e. The molecule has 0 aliphatic heterocycles. The summed E-state index contributed by atoms with van der Waals surface area (Å²) in [6, 6.07) is 4.89. The summed E-state index contributed by atoms with van der Waals surface area (Å²) < 4.78 is 41.7. The SMILES string of the molecule is CN(C(N)=NSCCCl)c1cccc(C(F)(F)F)c1.